The molecule has 2 aromatic rings. The van der Waals surface area contributed by atoms with Gasteiger partial charge in [-0.25, -0.2) is 8.42 Å². The van der Waals surface area contributed by atoms with Crippen molar-refractivity contribution in [3.05, 3.63) is 58.1 Å². The van der Waals surface area contributed by atoms with Crippen LogP contribution < -0.4 is 14.4 Å². The first-order valence-corrected chi connectivity index (χ1v) is 15.3. The first-order valence-electron chi connectivity index (χ1n) is 12.7. The van der Waals surface area contributed by atoms with Crippen LogP contribution in [0.2, 0.25) is 10.0 Å². The van der Waals surface area contributed by atoms with Crippen LogP contribution in [-0.2, 0) is 26.2 Å². The molecule has 8 nitrogen and oxygen atoms in total. The molecule has 11 heteroatoms. The zero-order chi connectivity index (χ0) is 27.9. The average molecular weight is 585 g/mol. The van der Waals surface area contributed by atoms with E-state index < -0.39 is 28.5 Å². The molecule has 3 rings (SSSR count). The number of benzene rings is 2. The molecule has 0 unspecified atom stereocenters. The molecule has 0 aromatic heterocycles. The number of nitrogens with zero attached hydrogens (tertiary/aromatic N) is 2. The van der Waals surface area contributed by atoms with E-state index in [1.54, 1.807) is 49.4 Å². The molecule has 1 aliphatic rings. The minimum atomic E-state index is -3.83. The maximum Gasteiger partial charge on any atom is 0.244 e. The lowest BCUT2D eigenvalue weighted by Crippen LogP contribution is -2.53. The number of nitrogens with one attached hydrogen (secondary N) is 1. The lowest BCUT2D eigenvalue weighted by molar-refractivity contribution is -0.139. The Morgan fingerprint density at radius 1 is 1.08 bits per heavy atom. The molecule has 1 atom stereocenters. The van der Waals surface area contributed by atoms with Gasteiger partial charge in [-0.3, -0.25) is 13.9 Å². The number of carbonyl (C=O) groups is 2. The van der Waals surface area contributed by atoms with Crippen LogP contribution in [0.15, 0.2) is 42.5 Å². The molecule has 0 radical (unpaired) electrons. The van der Waals surface area contributed by atoms with Gasteiger partial charge in [0.05, 0.1) is 18.6 Å². The van der Waals surface area contributed by atoms with Crippen molar-refractivity contribution in [3.8, 4) is 5.75 Å². The maximum atomic E-state index is 13.7. The molecule has 0 saturated heterocycles. The number of sulfonamides is 1. The third-order valence-electron chi connectivity index (χ3n) is 6.59. The van der Waals surface area contributed by atoms with Crippen molar-refractivity contribution in [2.24, 2.45) is 0 Å². The fourth-order valence-corrected chi connectivity index (χ4v) is 5.79. The molecule has 38 heavy (non-hydrogen) atoms. The van der Waals surface area contributed by atoms with E-state index in [2.05, 4.69) is 5.32 Å². The Kier molecular flexibility index (Phi) is 10.7. The second kappa shape index (κ2) is 13.5. The second-order valence-electron chi connectivity index (χ2n) is 9.47. The first kappa shape index (κ1) is 30.1. The van der Waals surface area contributed by atoms with Crippen LogP contribution in [0.4, 0.5) is 5.69 Å². The van der Waals surface area contributed by atoms with E-state index >= 15 is 0 Å². The zero-order valence-corrected chi connectivity index (χ0v) is 24.3. The van der Waals surface area contributed by atoms with Crippen LogP contribution >= 0.6 is 23.2 Å². The molecule has 1 aliphatic carbocycles. The largest absolute Gasteiger partial charge is 0.494 e. The highest BCUT2D eigenvalue weighted by Gasteiger charge is 2.31. The van der Waals surface area contributed by atoms with E-state index in [1.807, 2.05) is 6.92 Å². The Bertz CT molecular complexity index is 1220. The van der Waals surface area contributed by atoms with Gasteiger partial charge in [0.25, 0.3) is 0 Å². The Hall–Kier alpha value is -2.49. The smallest absolute Gasteiger partial charge is 0.244 e. The molecular formula is C27H35Cl2N3O5S. The highest BCUT2D eigenvalue weighted by molar-refractivity contribution is 7.92. The molecule has 1 N–H and O–H groups in total. The summed E-state index contributed by atoms with van der Waals surface area (Å²) in [4.78, 5) is 28.3. The van der Waals surface area contributed by atoms with Crippen LogP contribution in [0.25, 0.3) is 0 Å². The third-order valence-corrected chi connectivity index (χ3v) is 8.32. The van der Waals surface area contributed by atoms with Gasteiger partial charge in [-0.1, -0.05) is 48.5 Å². The molecule has 208 valence electrons. The second-order valence-corrected chi connectivity index (χ2v) is 12.2. The molecule has 2 aromatic carbocycles. The van der Waals surface area contributed by atoms with Crippen molar-refractivity contribution in [3.63, 3.8) is 0 Å². The summed E-state index contributed by atoms with van der Waals surface area (Å²) in [5, 5.41) is 3.86. The Balaban J connectivity index is 1.88. The fourth-order valence-electron chi connectivity index (χ4n) is 4.47. The maximum absolute atomic E-state index is 13.7. The summed E-state index contributed by atoms with van der Waals surface area (Å²) in [5.74, 6) is -0.244. The van der Waals surface area contributed by atoms with Crippen molar-refractivity contribution < 1.29 is 22.7 Å². The Morgan fingerprint density at radius 3 is 2.32 bits per heavy atom. The number of ether oxygens (including phenoxy) is 1. The Morgan fingerprint density at radius 2 is 1.74 bits per heavy atom. The van der Waals surface area contributed by atoms with E-state index in [9.17, 15) is 18.0 Å². The predicted molar refractivity (Wildman–Crippen MR) is 151 cm³/mol. The van der Waals surface area contributed by atoms with Crippen LogP contribution in [0.1, 0.15) is 51.5 Å². The first-order chi connectivity index (χ1) is 18.0. The summed E-state index contributed by atoms with van der Waals surface area (Å²) < 4.78 is 31.9. The number of halogens is 2. The number of hydrogen-bond acceptors (Lipinski definition) is 5. The minimum Gasteiger partial charge on any atom is -0.494 e. The van der Waals surface area contributed by atoms with Gasteiger partial charge in [0.2, 0.25) is 21.8 Å². The summed E-state index contributed by atoms with van der Waals surface area (Å²) in [6, 6.07) is 10.6. The lowest BCUT2D eigenvalue weighted by atomic mass is 9.95. The SMILES string of the molecule is CCOc1ccc(N(CC(=O)N(Cc2ccc(Cl)cc2Cl)[C@@H](C)C(=O)NC2CCCCC2)S(C)(=O)=O)cc1. The van der Waals surface area contributed by atoms with E-state index in [0.29, 0.717) is 33.7 Å². The molecule has 0 aliphatic heterocycles. The molecule has 0 spiro atoms. The quantitative estimate of drug-likeness (QED) is 0.400. The monoisotopic (exact) mass is 583 g/mol. The number of anilines is 1. The highest BCUT2D eigenvalue weighted by atomic mass is 35.5. The van der Waals surface area contributed by atoms with Crippen molar-refractivity contribution >= 4 is 50.7 Å². The number of amides is 2. The van der Waals surface area contributed by atoms with E-state index in [-0.39, 0.29) is 18.5 Å². The number of rotatable bonds is 11. The number of carbonyl (C=O) groups excluding carboxylic acids is 2. The van der Waals surface area contributed by atoms with E-state index in [0.717, 1.165) is 42.7 Å². The van der Waals surface area contributed by atoms with Crippen molar-refractivity contribution in [1.29, 1.82) is 0 Å². The standard InChI is InChI=1S/C27H35Cl2N3O5S/c1-4-37-24-14-12-23(13-15-24)32(38(3,35)36)18-26(33)31(17-20-10-11-21(28)16-25(20)29)19(2)27(34)30-22-8-6-5-7-9-22/h10-16,19,22H,4-9,17-18H2,1-3H3,(H,30,34)/t19-/m0/s1. The van der Waals surface area contributed by atoms with Crippen molar-refractivity contribution in [1.82, 2.24) is 10.2 Å². The van der Waals surface area contributed by atoms with Gasteiger partial charge >= 0.3 is 0 Å². The molecule has 2 amide bonds. The van der Waals surface area contributed by atoms with Crippen LogP contribution in [0, 0.1) is 0 Å². The fraction of sp³-hybridized carbons (Fsp3) is 0.481. The van der Waals surface area contributed by atoms with E-state index in [4.69, 9.17) is 27.9 Å². The Labute approximate surface area is 235 Å². The van der Waals surface area contributed by atoms with Gasteiger partial charge in [0.1, 0.15) is 18.3 Å². The minimum absolute atomic E-state index is 0.00890. The predicted octanol–water partition coefficient (Wildman–Crippen LogP) is 5.02. The van der Waals surface area contributed by atoms with Crippen molar-refractivity contribution in [2.75, 3.05) is 23.7 Å². The van der Waals surface area contributed by atoms with E-state index in [1.165, 1.54) is 4.90 Å². The normalized spacial score (nSPS) is 15.0. The number of hydrogen-bond donors (Lipinski definition) is 1. The summed E-state index contributed by atoms with van der Waals surface area (Å²) in [7, 11) is -3.83. The summed E-state index contributed by atoms with van der Waals surface area (Å²) in [6.45, 7) is 3.48. The highest BCUT2D eigenvalue weighted by Crippen LogP contribution is 2.26. The summed E-state index contributed by atoms with van der Waals surface area (Å²) >= 11 is 12.4. The van der Waals surface area contributed by atoms with Gasteiger partial charge in [0.15, 0.2) is 0 Å². The van der Waals surface area contributed by atoms with Gasteiger partial charge in [-0.2, -0.15) is 0 Å². The molecule has 1 fully saturated rings. The summed E-state index contributed by atoms with van der Waals surface area (Å²) in [6.07, 6.45) is 6.08. The van der Waals surface area contributed by atoms with Gasteiger partial charge in [-0.15, -0.1) is 0 Å². The van der Waals surface area contributed by atoms with Crippen LogP contribution in [-0.4, -0.2) is 56.6 Å². The topological polar surface area (TPSA) is 96.0 Å². The van der Waals surface area contributed by atoms with Crippen molar-refractivity contribution in [2.45, 2.75) is 64.6 Å². The lowest BCUT2D eigenvalue weighted by Gasteiger charge is -2.33. The zero-order valence-electron chi connectivity index (χ0n) is 22.0. The van der Waals surface area contributed by atoms with Gasteiger partial charge < -0.3 is 15.0 Å². The summed E-state index contributed by atoms with van der Waals surface area (Å²) in [5.41, 5.74) is 0.904. The van der Waals surface area contributed by atoms with Crippen LogP contribution in [0.3, 0.4) is 0 Å². The molecule has 1 saturated carbocycles. The third kappa shape index (κ3) is 8.25. The molecule has 0 bridgehead atoms. The molecular weight excluding hydrogens is 549 g/mol. The van der Waals surface area contributed by atoms with Gasteiger partial charge in [0, 0.05) is 22.6 Å². The molecule has 0 heterocycles. The van der Waals surface area contributed by atoms with Gasteiger partial charge in [-0.05, 0) is 68.7 Å². The van der Waals surface area contributed by atoms with Crippen LogP contribution in [0.5, 0.6) is 5.75 Å². The average Bonchev–Trinajstić information content (AvgIpc) is 2.87.